The molecule has 1 heterocycles. The molecular formula is C13H18Cl2N2O3S. The van der Waals surface area contributed by atoms with Crippen molar-refractivity contribution in [3.05, 3.63) is 28.2 Å². The van der Waals surface area contributed by atoms with Crippen LogP contribution in [0.1, 0.15) is 12.8 Å². The van der Waals surface area contributed by atoms with Gasteiger partial charge in [-0.3, -0.25) is 0 Å². The van der Waals surface area contributed by atoms with Gasteiger partial charge in [-0.15, -0.1) is 0 Å². The molecule has 8 heteroatoms. The Bertz CT molecular complexity index is 575. The molecule has 21 heavy (non-hydrogen) atoms. The fraction of sp³-hybridized carbons (Fsp3) is 0.538. The minimum absolute atomic E-state index is 0.0961. The summed E-state index contributed by atoms with van der Waals surface area (Å²) in [5, 5.41) is 3.78. The molecule has 118 valence electrons. The number of hydrogen-bond acceptors (Lipinski definition) is 4. The number of rotatable bonds is 6. The van der Waals surface area contributed by atoms with Gasteiger partial charge in [-0.25, -0.2) is 13.1 Å². The average molecular weight is 353 g/mol. The van der Waals surface area contributed by atoms with Crippen molar-refractivity contribution in [2.75, 3.05) is 26.2 Å². The topological polar surface area (TPSA) is 67.4 Å². The first-order valence-electron chi connectivity index (χ1n) is 6.76. The standard InChI is InChI=1S/C13H18Cl2N2O3S/c14-12-2-1-11(9-13(12)15)21(18,19)17-7-8-20-10-3-5-16-6-4-10/h1-2,9-10,16-17H,3-8H2. The van der Waals surface area contributed by atoms with Gasteiger partial charge in [0.1, 0.15) is 0 Å². The number of piperidine rings is 1. The van der Waals surface area contributed by atoms with E-state index in [0.29, 0.717) is 11.6 Å². The van der Waals surface area contributed by atoms with Gasteiger partial charge in [0.25, 0.3) is 0 Å². The molecule has 2 rings (SSSR count). The van der Waals surface area contributed by atoms with E-state index >= 15 is 0 Å². The quantitative estimate of drug-likeness (QED) is 0.768. The van der Waals surface area contributed by atoms with Gasteiger partial charge in [0, 0.05) is 6.54 Å². The van der Waals surface area contributed by atoms with Gasteiger partial charge in [-0.05, 0) is 44.1 Å². The van der Waals surface area contributed by atoms with E-state index in [-0.39, 0.29) is 22.6 Å². The van der Waals surface area contributed by atoms with Crippen LogP contribution in [0.3, 0.4) is 0 Å². The summed E-state index contributed by atoms with van der Waals surface area (Å²) in [4.78, 5) is 0.0961. The van der Waals surface area contributed by atoms with E-state index in [1.165, 1.54) is 18.2 Å². The molecule has 0 spiro atoms. The third-order valence-corrected chi connectivity index (χ3v) is 5.43. The highest BCUT2D eigenvalue weighted by molar-refractivity contribution is 7.89. The lowest BCUT2D eigenvalue weighted by Gasteiger charge is -2.22. The van der Waals surface area contributed by atoms with Crippen LogP contribution in [0, 0.1) is 0 Å². The largest absolute Gasteiger partial charge is 0.377 e. The van der Waals surface area contributed by atoms with Crippen molar-refractivity contribution in [2.24, 2.45) is 0 Å². The molecule has 0 saturated carbocycles. The van der Waals surface area contributed by atoms with Crippen molar-refractivity contribution in [3.63, 3.8) is 0 Å². The Kier molecular flexibility index (Phi) is 6.28. The molecule has 0 amide bonds. The van der Waals surface area contributed by atoms with Crippen molar-refractivity contribution >= 4 is 33.2 Å². The molecule has 0 atom stereocenters. The van der Waals surface area contributed by atoms with E-state index in [0.717, 1.165) is 25.9 Å². The molecule has 0 unspecified atom stereocenters. The van der Waals surface area contributed by atoms with Crippen LogP contribution in [0.5, 0.6) is 0 Å². The zero-order valence-corrected chi connectivity index (χ0v) is 13.8. The van der Waals surface area contributed by atoms with Crippen LogP contribution < -0.4 is 10.0 Å². The summed E-state index contributed by atoms with van der Waals surface area (Å²) in [7, 11) is -3.59. The zero-order chi connectivity index (χ0) is 15.3. The summed E-state index contributed by atoms with van der Waals surface area (Å²) in [6.07, 6.45) is 2.12. The maximum atomic E-state index is 12.1. The zero-order valence-electron chi connectivity index (χ0n) is 11.4. The first-order valence-corrected chi connectivity index (χ1v) is 9.00. The number of nitrogens with one attached hydrogen (secondary N) is 2. The van der Waals surface area contributed by atoms with E-state index in [9.17, 15) is 8.42 Å². The highest BCUT2D eigenvalue weighted by Gasteiger charge is 2.16. The molecule has 0 radical (unpaired) electrons. The van der Waals surface area contributed by atoms with Crippen molar-refractivity contribution in [3.8, 4) is 0 Å². The number of sulfonamides is 1. The molecule has 1 aromatic carbocycles. The maximum Gasteiger partial charge on any atom is 0.240 e. The number of halogens is 2. The van der Waals surface area contributed by atoms with E-state index in [4.69, 9.17) is 27.9 Å². The molecule has 1 aliphatic rings. The minimum atomic E-state index is -3.59. The molecule has 5 nitrogen and oxygen atoms in total. The van der Waals surface area contributed by atoms with Gasteiger partial charge >= 0.3 is 0 Å². The molecule has 1 fully saturated rings. The molecule has 0 bridgehead atoms. The van der Waals surface area contributed by atoms with Gasteiger partial charge in [0.2, 0.25) is 10.0 Å². The van der Waals surface area contributed by atoms with Crippen LogP contribution in [-0.4, -0.2) is 40.8 Å². The lowest BCUT2D eigenvalue weighted by molar-refractivity contribution is 0.0367. The van der Waals surface area contributed by atoms with Crippen molar-refractivity contribution in [1.82, 2.24) is 10.0 Å². The summed E-state index contributed by atoms with van der Waals surface area (Å²) in [6.45, 7) is 2.47. The predicted octanol–water partition coefficient (Wildman–Crippen LogP) is 2.04. The fourth-order valence-electron chi connectivity index (χ4n) is 2.09. The van der Waals surface area contributed by atoms with E-state index in [1.807, 2.05) is 0 Å². The van der Waals surface area contributed by atoms with Crippen molar-refractivity contribution < 1.29 is 13.2 Å². The smallest absolute Gasteiger partial charge is 0.240 e. The third kappa shape index (κ3) is 5.09. The summed E-state index contributed by atoms with van der Waals surface area (Å²) in [5.41, 5.74) is 0. The van der Waals surface area contributed by atoms with E-state index in [1.54, 1.807) is 0 Å². The first kappa shape index (κ1) is 17.0. The van der Waals surface area contributed by atoms with Gasteiger partial charge < -0.3 is 10.1 Å². The normalized spacial score (nSPS) is 17.0. The van der Waals surface area contributed by atoms with Crippen LogP contribution in [0.2, 0.25) is 10.0 Å². The van der Waals surface area contributed by atoms with Crippen molar-refractivity contribution in [2.45, 2.75) is 23.8 Å². The molecule has 1 saturated heterocycles. The number of benzene rings is 1. The molecule has 1 aromatic rings. The number of ether oxygens (including phenoxy) is 1. The van der Waals surface area contributed by atoms with E-state index < -0.39 is 10.0 Å². The Balaban J connectivity index is 1.82. The van der Waals surface area contributed by atoms with Crippen molar-refractivity contribution in [1.29, 1.82) is 0 Å². The summed E-state index contributed by atoms with van der Waals surface area (Å²) in [6, 6.07) is 4.22. The summed E-state index contributed by atoms with van der Waals surface area (Å²) >= 11 is 11.6. The van der Waals surface area contributed by atoms with Crippen LogP contribution >= 0.6 is 23.2 Å². The molecule has 2 N–H and O–H groups in total. The van der Waals surface area contributed by atoms with Gasteiger partial charge in [0.05, 0.1) is 27.7 Å². The summed E-state index contributed by atoms with van der Waals surface area (Å²) < 4.78 is 32.3. The van der Waals surface area contributed by atoms with Crippen LogP contribution in [0.15, 0.2) is 23.1 Å². The predicted molar refractivity (Wildman–Crippen MR) is 83.5 cm³/mol. The SMILES string of the molecule is O=S(=O)(NCCOC1CCNCC1)c1ccc(Cl)c(Cl)c1. The minimum Gasteiger partial charge on any atom is -0.377 e. The maximum absolute atomic E-state index is 12.1. The Morgan fingerprint density at radius 3 is 2.62 bits per heavy atom. The monoisotopic (exact) mass is 352 g/mol. The second-order valence-corrected chi connectivity index (χ2v) is 7.38. The molecule has 0 aromatic heterocycles. The van der Waals surface area contributed by atoms with Gasteiger partial charge in [-0.1, -0.05) is 23.2 Å². The van der Waals surface area contributed by atoms with Crippen LogP contribution in [0.25, 0.3) is 0 Å². The third-order valence-electron chi connectivity index (χ3n) is 3.24. The molecular weight excluding hydrogens is 335 g/mol. The molecule has 1 aliphatic heterocycles. The highest BCUT2D eigenvalue weighted by Crippen LogP contribution is 2.24. The van der Waals surface area contributed by atoms with Gasteiger partial charge in [-0.2, -0.15) is 0 Å². The molecule has 0 aliphatic carbocycles. The Morgan fingerprint density at radius 1 is 1.24 bits per heavy atom. The van der Waals surface area contributed by atoms with Crippen LogP contribution in [-0.2, 0) is 14.8 Å². The average Bonchev–Trinajstić information content (AvgIpc) is 2.47. The Hall–Kier alpha value is -0.370. The fourth-order valence-corrected chi connectivity index (χ4v) is 3.49. The second-order valence-electron chi connectivity index (χ2n) is 4.79. The summed E-state index contributed by atoms with van der Waals surface area (Å²) in [5.74, 6) is 0. The van der Waals surface area contributed by atoms with Crippen LogP contribution in [0.4, 0.5) is 0 Å². The Labute approximate surface area is 135 Å². The number of hydrogen-bond donors (Lipinski definition) is 2. The lowest BCUT2D eigenvalue weighted by atomic mass is 10.1. The van der Waals surface area contributed by atoms with Gasteiger partial charge in [0.15, 0.2) is 0 Å². The highest BCUT2D eigenvalue weighted by atomic mass is 35.5. The lowest BCUT2D eigenvalue weighted by Crippen LogP contribution is -2.34. The Morgan fingerprint density at radius 2 is 1.95 bits per heavy atom. The first-order chi connectivity index (χ1) is 9.99. The van der Waals surface area contributed by atoms with E-state index in [2.05, 4.69) is 10.0 Å². The second kappa shape index (κ2) is 7.76.